The molecular weight excluding hydrogens is 372 g/mol. The van der Waals surface area contributed by atoms with E-state index >= 15 is 0 Å². The molecule has 3 nitrogen and oxygen atoms in total. The quantitative estimate of drug-likeness (QED) is 0.525. The summed E-state index contributed by atoms with van der Waals surface area (Å²) < 4.78 is 11.5. The summed E-state index contributed by atoms with van der Waals surface area (Å²) in [4.78, 5) is 12.5. The Morgan fingerprint density at radius 1 is 1.00 bits per heavy atom. The number of ether oxygens (including phenoxy) is 2. The number of carbonyl (C=O) groups excluding carboxylic acids is 1. The average Bonchev–Trinajstić information content (AvgIpc) is 2.67. The highest BCUT2D eigenvalue weighted by Gasteiger charge is 2.31. The van der Waals surface area contributed by atoms with Crippen LogP contribution in [0.5, 0.6) is 5.75 Å². The zero-order valence-electron chi connectivity index (χ0n) is 16.9. The predicted octanol–water partition coefficient (Wildman–Crippen LogP) is 6.68. The van der Waals surface area contributed by atoms with Crippen LogP contribution in [-0.4, -0.2) is 12.1 Å². The van der Waals surface area contributed by atoms with Crippen LogP contribution in [0.15, 0.2) is 48.5 Å². The fourth-order valence-electron chi connectivity index (χ4n) is 3.73. The second-order valence-electron chi connectivity index (χ2n) is 8.66. The largest absolute Gasteiger partial charge is 0.487 e. The number of benzene rings is 2. The van der Waals surface area contributed by atoms with E-state index in [2.05, 4.69) is 20.8 Å². The van der Waals surface area contributed by atoms with Gasteiger partial charge in [0, 0.05) is 0 Å². The van der Waals surface area contributed by atoms with E-state index in [1.807, 2.05) is 30.3 Å². The van der Waals surface area contributed by atoms with Gasteiger partial charge in [-0.05, 0) is 66.8 Å². The Hall–Kier alpha value is -2.00. The number of hydrogen-bond acceptors (Lipinski definition) is 3. The Balaban J connectivity index is 1.49. The molecule has 0 spiro atoms. The number of esters is 1. The molecular formula is C24H29ClO3. The van der Waals surface area contributed by atoms with Gasteiger partial charge in [-0.2, -0.15) is 0 Å². The topological polar surface area (TPSA) is 35.5 Å². The van der Waals surface area contributed by atoms with Gasteiger partial charge in [0.2, 0.25) is 0 Å². The molecule has 150 valence electrons. The highest BCUT2D eigenvalue weighted by molar-refractivity contribution is 6.32. The molecule has 0 aliphatic heterocycles. The van der Waals surface area contributed by atoms with Gasteiger partial charge in [-0.25, -0.2) is 4.79 Å². The lowest BCUT2D eigenvalue weighted by atomic mass is 9.72. The molecule has 3 rings (SSSR count). The lowest BCUT2D eigenvalue weighted by molar-refractivity contribution is 0.00929. The summed E-state index contributed by atoms with van der Waals surface area (Å²) in [6.07, 6.45) is 4.20. The van der Waals surface area contributed by atoms with Gasteiger partial charge in [0.05, 0.1) is 10.6 Å². The molecule has 1 saturated carbocycles. The normalized spacial score (nSPS) is 19.9. The molecule has 0 N–H and O–H groups in total. The first kappa shape index (κ1) is 20.7. The molecule has 4 heteroatoms. The molecule has 2 aromatic carbocycles. The van der Waals surface area contributed by atoms with E-state index in [4.69, 9.17) is 21.1 Å². The summed E-state index contributed by atoms with van der Waals surface area (Å²) >= 11 is 6.10. The van der Waals surface area contributed by atoms with Crippen molar-refractivity contribution in [1.29, 1.82) is 0 Å². The number of para-hydroxylation sites is 1. The van der Waals surface area contributed by atoms with Crippen molar-refractivity contribution in [3.8, 4) is 5.75 Å². The van der Waals surface area contributed by atoms with Gasteiger partial charge < -0.3 is 9.47 Å². The standard InChI is InChI=1S/C24H29ClO3/c1-24(2,3)19-12-14-20(15-13-19)28-23(26)18-10-8-17(9-11-18)16-27-22-7-5-4-6-21(22)25/h4-11,19-20H,12-16H2,1-3H3. The van der Waals surface area contributed by atoms with E-state index < -0.39 is 0 Å². The third kappa shape index (κ3) is 5.51. The molecule has 0 amide bonds. The first-order valence-corrected chi connectivity index (χ1v) is 10.4. The van der Waals surface area contributed by atoms with E-state index in [0.717, 1.165) is 31.2 Å². The monoisotopic (exact) mass is 400 g/mol. The van der Waals surface area contributed by atoms with Crippen LogP contribution in [0.3, 0.4) is 0 Å². The van der Waals surface area contributed by atoms with Gasteiger partial charge in [-0.15, -0.1) is 0 Å². The molecule has 0 heterocycles. The maximum Gasteiger partial charge on any atom is 0.338 e. The number of carbonyl (C=O) groups is 1. The van der Waals surface area contributed by atoms with Gasteiger partial charge in [0.25, 0.3) is 0 Å². The molecule has 1 fully saturated rings. The summed E-state index contributed by atoms with van der Waals surface area (Å²) in [5.41, 5.74) is 1.89. The molecule has 1 aliphatic rings. The lowest BCUT2D eigenvalue weighted by Gasteiger charge is -2.36. The van der Waals surface area contributed by atoms with Crippen molar-refractivity contribution in [1.82, 2.24) is 0 Å². The van der Waals surface area contributed by atoms with Crippen LogP contribution in [0.1, 0.15) is 62.4 Å². The second kappa shape index (κ2) is 9.00. The molecule has 0 bridgehead atoms. The van der Waals surface area contributed by atoms with Gasteiger partial charge in [-0.1, -0.05) is 56.6 Å². The Bertz CT molecular complexity index is 784. The van der Waals surface area contributed by atoms with Crippen molar-refractivity contribution >= 4 is 17.6 Å². The van der Waals surface area contributed by atoms with Crippen molar-refractivity contribution < 1.29 is 14.3 Å². The molecule has 0 atom stereocenters. The Kier molecular flexibility index (Phi) is 6.66. The van der Waals surface area contributed by atoms with Gasteiger partial charge >= 0.3 is 5.97 Å². The highest BCUT2D eigenvalue weighted by Crippen LogP contribution is 2.38. The van der Waals surface area contributed by atoms with Crippen LogP contribution in [0.4, 0.5) is 0 Å². The zero-order valence-corrected chi connectivity index (χ0v) is 17.7. The van der Waals surface area contributed by atoms with Crippen LogP contribution in [0, 0.1) is 11.3 Å². The van der Waals surface area contributed by atoms with E-state index in [0.29, 0.717) is 34.3 Å². The minimum absolute atomic E-state index is 0.0364. The minimum atomic E-state index is -0.238. The van der Waals surface area contributed by atoms with E-state index in [1.54, 1.807) is 18.2 Å². The molecule has 28 heavy (non-hydrogen) atoms. The summed E-state index contributed by atoms with van der Waals surface area (Å²) in [7, 11) is 0. The summed E-state index contributed by atoms with van der Waals surface area (Å²) in [5.74, 6) is 1.12. The van der Waals surface area contributed by atoms with Crippen LogP contribution in [0.25, 0.3) is 0 Å². The Morgan fingerprint density at radius 2 is 1.64 bits per heavy atom. The van der Waals surface area contributed by atoms with Crippen LogP contribution >= 0.6 is 11.6 Å². The SMILES string of the molecule is CC(C)(C)C1CCC(OC(=O)c2ccc(COc3ccccc3Cl)cc2)CC1. The van der Waals surface area contributed by atoms with E-state index in [1.165, 1.54) is 0 Å². The Morgan fingerprint density at radius 3 is 2.25 bits per heavy atom. The van der Waals surface area contributed by atoms with Gasteiger partial charge in [0.15, 0.2) is 0 Å². The molecule has 0 unspecified atom stereocenters. The fraction of sp³-hybridized carbons (Fsp3) is 0.458. The molecule has 0 radical (unpaired) electrons. The van der Waals surface area contributed by atoms with Crippen molar-refractivity contribution in [2.45, 2.75) is 59.2 Å². The summed E-state index contributed by atoms with van der Waals surface area (Å²) in [6, 6.07) is 14.8. The first-order valence-electron chi connectivity index (χ1n) is 10.00. The third-order valence-electron chi connectivity index (χ3n) is 5.59. The zero-order chi connectivity index (χ0) is 20.1. The van der Waals surface area contributed by atoms with E-state index in [9.17, 15) is 4.79 Å². The smallest absolute Gasteiger partial charge is 0.338 e. The summed E-state index contributed by atoms with van der Waals surface area (Å²) in [6.45, 7) is 7.28. The van der Waals surface area contributed by atoms with Crippen molar-refractivity contribution in [3.05, 3.63) is 64.7 Å². The fourth-order valence-corrected chi connectivity index (χ4v) is 3.92. The molecule has 1 aliphatic carbocycles. The van der Waals surface area contributed by atoms with Crippen molar-refractivity contribution in [2.24, 2.45) is 11.3 Å². The van der Waals surface area contributed by atoms with E-state index in [-0.39, 0.29) is 12.1 Å². The number of hydrogen-bond donors (Lipinski definition) is 0. The summed E-state index contributed by atoms with van der Waals surface area (Å²) in [5, 5.41) is 0.587. The predicted molar refractivity (Wildman–Crippen MR) is 113 cm³/mol. The maximum atomic E-state index is 12.5. The second-order valence-corrected chi connectivity index (χ2v) is 9.07. The molecule has 2 aromatic rings. The van der Waals surface area contributed by atoms with Crippen molar-refractivity contribution in [2.75, 3.05) is 0 Å². The van der Waals surface area contributed by atoms with Crippen LogP contribution in [0.2, 0.25) is 5.02 Å². The van der Waals surface area contributed by atoms with Gasteiger partial charge in [0.1, 0.15) is 18.5 Å². The first-order chi connectivity index (χ1) is 13.3. The maximum absolute atomic E-state index is 12.5. The molecule has 0 saturated heterocycles. The minimum Gasteiger partial charge on any atom is -0.487 e. The molecule has 0 aromatic heterocycles. The van der Waals surface area contributed by atoms with Crippen LogP contribution < -0.4 is 4.74 Å². The average molecular weight is 401 g/mol. The van der Waals surface area contributed by atoms with Crippen LogP contribution in [-0.2, 0) is 11.3 Å². The Labute approximate surface area is 173 Å². The lowest BCUT2D eigenvalue weighted by Crippen LogP contribution is -2.30. The van der Waals surface area contributed by atoms with Crippen molar-refractivity contribution in [3.63, 3.8) is 0 Å². The number of rotatable bonds is 5. The van der Waals surface area contributed by atoms with Gasteiger partial charge in [-0.3, -0.25) is 0 Å². The third-order valence-corrected chi connectivity index (χ3v) is 5.91. The highest BCUT2D eigenvalue weighted by atomic mass is 35.5. The number of halogens is 1.